The first kappa shape index (κ1) is 43.9. The molecule has 0 spiro atoms. The number of nitrogens with one attached hydrogen (secondary N) is 1. The lowest BCUT2D eigenvalue weighted by Gasteiger charge is -2.32. The van der Waals surface area contributed by atoms with Crippen molar-refractivity contribution >= 4 is 23.5 Å². The molecule has 1 fully saturated rings. The Hall–Kier alpha value is -3.23. The fraction of sp³-hybridized carbons (Fsp3) is 0.784. The number of rotatable bonds is 28. The number of unbranched alkanes of at least 4 members (excludes halogenated alkanes) is 16. The maximum absolute atomic E-state index is 14.2. The summed E-state index contributed by atoms with van der Waals surface area (Å²) in [6, 6.07) is 0. The van der Waals surface area contributed by atoms with E-state index in [1.54, 1.807) is 4.98 Å². The van der Waals surface area contributed by atoms with Gasteiger partial charge in [0.2, 0.25) is 5.82 Å². The average molecular weight is 727 g/mol. The summed E-state index contributed by atoms with van der Waals surface area (Å²) in [5.41, 5.74) is -5.43. The van der Waals surface area contributed by atoms with Crippen LogP contribution in [0.1, 0.15) is 155 Å². The number of Topliss-reactive ketones (excluding diaryl/α,β-unsaturated/α-hetero) is 2. The van der Waals surface area contributed by atoms with Crippen LogP contribution in [0, 0.1) is 17.7 Å². The van der Waals surface area contributed by atoms with Gasteiger partial charge in [-0.1, -0.05) is 129 Å². The van der Waals surface area contributed by atoms with Gasteiger partial charge in [-0.15, -0.1) is 0 Å². The molecule has 1 aromatic rings. The predicted octanol–water partition coefficient (Wildman–Crippen LogP) is 5.44. The molecule has 290 valence electrons. The minimum atomic E-state index is -2.89. The van der Waals surface area contributed by atoms with Crippen LogP contribution in [0.15, 0.2) is 15.8 Å². The molecule has 5 N–H and O–H groups in total. The molecule has 6 atom stereocenters. The number of nitrogens with zero attached hydrogens (tertiary/aromatic N) is 1. The number of carboxylic acids is 2. The molecule has 0 radical (unpaired) electrons. The highest BCUT2D eigenvalue weighted by molar-refractivity contribution is 6.05. The molecule has 3 unspecified atom stereocenters. The number of ether oxygens (including phenoxy) is 1. The minimum Gasteiger partial charge on any atom is -0.481 e. The Morgan fingerprint density at radius 1 is 0.804 bits per heavy atom. The molecule has 14 heteroatoms. The van der Waals surface area contributed by atoms with E-state index in [9.17, 15) is 53.6 Å². The number of H-pyrrole nitrogens is 1. The number of carbonyl (C=O) groups is 4. The summed E-state index contributed by atoms with van der Waals surface area (Å²) in [5.74, 6) is -10.6. The highest BCUT2D eigenvalue weighted by atomic mass is 19.1. The molecule has 2 rings (SSSR count). The second-order valence-corrected chi connectivity index (χ2v) is 14.0. The Balaban J connectivity index is 2.24. The van der Waals surface area contributed by atoms with Crippen molar-refractivity contribution < 1.29 is 48.7 Å². The van der Waals surface area contributed by atoms with Gasteiger partial charge in [-0.3, -0.25) is 33.5 Å². The number of carbonyl (C=O) groups excluding carboxylic acids is 2. The van der Waals surface area contributed by atoms with E-state index >= 15 is 0 Å². The van der Waals surface area contributed by atoms with Crippen LogP contribution in [-0.2, 0) is 23.9 Å². The number of aromatic amines is 1. The molecule has 0 bridgehead atoms. The summed E-state index contributed by atoms with van der Waals surface area (Å²) in [4.78, 5) is 77.8. The number of halogens is 1. The van der Waals surface area contributed by atoms with Crippen molar-refractivity contribution in [3.63, 3.8) is 0 Å². The fourth-order valence-electron chi connectivity index (χ4n) is 6.86. The number of aliphatic carboxylic acids is 2. The number of hydrogen-bond acceptors (Lipinski definition) is 9. The van der Waals surface area contributed by atoms with Crippen molar-refractivity contribution in [3.05, 3.63) is 32.9 Å². The van der Waals surface area contributed by atoms with Gasteiger partial charge in [0.25, 0.3) is 5.56 Å². The average Bonchev–Trinajstić information content (AvgIpc) is 3.44. The van der Waals surface area contributed by atoms with Gasteiger partial charge in [0.05, 0.1) is 6.20 Å². The number of aromatic nitrogens is 2. The number of ketones is 2. The van der Waals surface area contributed by atoms with Crippen LogP contribution in [0.5, 0.6) is 0 Å². The number of aliphatic hydroxyl groups excluding tert-OH is 1. The summed E-state index contributed by atoms with van der Waals surface area (Å²) in [6.07, 6.45) is 9.63. The molecule has 0 saturated carbocycles. The van der Waals surface area contributed by atoms with E-state index in [-0.39, 0.29) is 12.8 Å². The molecular formula is C37H59FN2O11. The van der Waals surface area contributed by atoms with E-state index in [4.69, 9.17) is 4.74 Å². The van der Waals surface area contributed by atoms with Crippen LogP contribution >= 0.6 is 0 Å². The molecule has 1 aromatic heterocycles. The first-order chi connectivity index (χ1) is 24.3. The topological polar surface area (TPSA) is 213 Å². The van der Waals surface area contributed by atoms with Crippen LogP contribution in [0.25, 0.3) is 0 Å². The lowest BCUT2D eigenvalue weighted by molar-refractivity contribution is -0.169. The van der Waals surface area contributed by atoms with Crippen molar-refractivity contribution in [3.8, 4) is 0 Å². The summed E-state index contributed by atoms with van der Waals surface area (Å²) in [6.45, 7) is 4.26. The monoisotopic (exact) mass is 726 g/mol. The molecular weight excluding hydrogens is 667 g/mol. The molecule has 2 heterocycles. The maximum Gasteiger partial charge on any atom is 0.330 e. The zero-order valence-corrected chi connectivity index (χ0v) is 30.3. The Bertz CT molecular complexity index is 1380. The van der Waals surface area contributed by atoms with E-state index in [1.165, 1.54) is 12.8 Å². The zero-order chi connectivity index (χ0) is 38.0. The highest BCUT2D eigenvalue weighted by Gasteiger charge is 2.60. The molecule has 13 nitrogen and oxygen atoms in total. The van der Waals surface area contributed by atoms with E-state index in [0.717, 1.165) is 77.0 Å². The molecule has 0 aliphatic carbocycles. The zero-order valence-electron chi connectivity index (χ0n) is 30.3. The normalized spacial score (nSPS) is 20.6. The third-order valence-corrected chi connectivity index (χ3v) is 9.95. The van der Waals surface area contributed by atoms with Gasteiger partial charge < -0.3 is 25.2 Å². The molecule has 51 heavy (non-hydrogen) atoms. The Morgan fingerprint density at radius 2 is 1.24 bits per heavy atom. The van der Waals surface area contributed by atoms with Gasteiger partial charge in [0.15, 0.2) is 17.2 Å². The molecule has 0 amide bonds. The van der Waals surface area contributed by atoms with Crippen molar-refractivity contribution in [1.82, 2.24) is 9.55 Å². The van der Waals surface area contributed by atoms with Crippen molar-refractivity contribution in [2.45, 2.75) is 173 Å². The number of aliphatic hydroxyl groups is 2. The quantitative estimate of drug-likeness (QED) is 0.0542. The molecule has 1 aliphatic rings. The molecule has 1 saturated heterocycles. The SMILES string of the molecule is CCCCCCCCCCCC(C(=O)O)C(=O)C(O)[C@H]1O[C@@H](n2cc(F)c(=O)[nH]c2=O)C[C@@]1(O)C(=O)C(CCCCCCCCCCC)C(=O)O. The molecule has 0 aromatic carbocycles. The van der Waals surface area contributed by atoms with Crippen molar-refractivity contribution in [1.29, 1.82) is 0 Å². The van der Waals surface area contributed by atoms with Gasteiger partial charge in [0.1, 0.15) is 30.3 Å². The van der Waals surface area contributed by atoms with Gasteiger partial charge in [-0.2, -0.15) is 4.39 Å². The first-order valence-corrected chi connectivity index (χ1v) is 18.9. The lowest BCUT2D eigenvalue weighted by Crippen LogP contribution is -2.57. The smallest absolute Gasteiger partial charge is 0.330 e. The standard InChI is InChI=1S/C37H59FN2O11/c1-3-5-7-9-11-13-15-17-19-21-25(34(45)46)29(41)30(42)32-37(50,23-28(51-32)40-24-27(38)33(44)39-36(40)49)31(43)26(35(47)48)22-20-18-16-14-12-10-8-6-4-2/h24-26,28,30,32,42,50H,3-23H2,1-2H3,(H,45,46)(H,47,48)(H,39,44,49)/t25?,26?,28-,30?,32-,37-/m1/s1. The summed E-state index contributed by atoms with van der Waals surface area (Å²) in [7, 11) is 0. The maximum atomic E-state index is 14.2. The highest BCUT2D eigenvalue weighted by Crippen LogP contribution is 2.41. The lowest BCUT2D eigenvalue weighted by atomic mass is 9.77. The van der Waals surface area contributed by atoms with Crippen LogP contribution < -0.4 is 11.2 Å². The van der Waals surface area contributed by atoms with Gasteiger partial charge in [-0.25, -0.2) is 4.79 Å². The van der Waals surface area contributed by atoms with Gasteiger partial charge >= 0.3 is 17.6 Å². The van der Waals surface area contributed by atoms with E-state index in [0.29, 0.717) is 36.4 Å². The van der Waals surface area contributed by atoms with Gasteiger partial charge in [-0.05, 0) is 12.8 Å². The fourth-order valence-corrected chi connectivity index (χ4v) is 6.86. The van der Waals surface area contributed by atoms with Crippen molar-refractivity contribution in [2.24, 2.45) is 11.8 Å². The Kier molecular flexibility index (Phi) is 19.5. The van der Waals surface area contributed by atoms with Gasteiger partial charge in [0, 0.05) is 6.42 Å². The summed E-state index contributed by atoms with van der Waals surface area (Å²) < 4.78 is 20.4. The third-order valence-electron chi connectivity index (χ3n) is 9.95. The van der Waals surface area contributed by atoms with E-state index < -0.39 is 82.9 Å². The predicted molar refractivity (Wildman–Crippen MR) is 187 cm³/mol. The third kappa shape index (κ3) is 13.4. The molecule has 1 aliphatic heterocycles. The number of carboxylic acid groups (broad SMARTS) is 2. The van der Waals surface area contributed by atoms with E-state index in [1.807, 2.05) is 0 Å². The first-order valence-electron chi connectivity index (χ1n) is 18.9. The summed E-state index contributed by atoms with van der Waals surface area (Å²) in [5, 5.41) is 43.0. The van der Waals surface area contributed by atoms with Crippen LogP contribution in [0.3, 0.4) is 0 Å². The largest absolute Gasteiger partial charge is 0.481 e. The van der Waals surface area contributed by atoms with Crippen LogP contribution in [0.4, 0.5) is 4.39 Å². The Labute approximate surface area is 299 Å². The second kappa shape index (κ2) is 22.7. The van der Waals surface area contributed by atoms with Crippen LogP contribution in [-0.4, -0.2) is 71.3 Å². The minimum absolute atomic E-state index is 0.134. The Morgan fingerprint density at radius 3 is 1.69 bits per heavy atom. The van der Waals surface area contributed by atoms with Crippen molar-refractivity contribution in [2.75, 3.05) is 0 Å². The van der Waals surface area contributed by atoms with Crippen LogP contribution in [0.2, 0.25) is 0 Å². The summed E-state index contributed by atoms with van der Waals surface area (Å²) >= 11 is 0. The number of hydrogen-bond donors (Lipinski definition) is 5. The van der Waals surface area contributed by atoms with E-state index in [2.05, 4.69) is 13.8 Å². The second-order valence-electron chi connectivity index (χ2n) is 14.0.